The number of carbonyl (C=O) groups is 1. The highest BCUT2D eigenvalue weighted by atomic mass is 16.4. The number of anilines is 1. The third kappa shape index (κ3) is 5.09. The fraction of sp³-hybridized carbons (Fsp3) is 0.333. The third-order valence-electron chi connectivity index (χ3n) is 6.45. The normalized spacial score (nSPS) is 11.9. The van der Waals surface area contributed by atoms with Crippen LogP contribution in [0.15, 0.2) is 57.9 Å². The fourth-order valence-electron chi connectivity index (χ4n) is 4.48. The second-order valence-electron chi connectivity index (χ2n) is 9.14. The largest absolute Gasteiger partial charge is 0.478 e. The van der Waals surface area contributed by atoms with Gasteiger partial charge in [0.05, 0.1) is 10.9 Å². The van der Waals surface area contributed by atoms with E-state index in [1.54, 1.807) is 12.1 Å². The molecule has 2 aromatic carbocycles. The van der Waals surface area contributed by atoms with Crippen molar-refractivity contribution in [3.63, 3.8) is 0 Å². The van der Waals surface area contributed by atoms with Crippen LogP contribution in [0.3, 0.4) is 0 Å². The molecule has 0 aromatic heterocycles. The van der Waals surface area contributed by atoms with E-state index in [1.807, 2.05) is 31.2 Å². The highest BCUT2D eigenvalue weighted by Gasteiger charge is 2.22. The molecule has 2 aromatic rings. The Morgan fingerprint density at radius 3 is 2.49 bits per heavy atom. The summed E-state index contributed by atoms with van der Waals surface area (Å²) in [6.07, 6.45) is 4.34. The average Bonchev–Trinajstić information content (AvgIpc) is 2.84. The van der Waals surface area contributed by atoms with E-state index < -0.39 is 5.97 Å². The van der Waals surface area contributed by atoms with E-state index in [0.29, 0.717) is 11.3 Å². The number of unbranched alkanes of at least 4 members (excludes halogenated alkanes) is 2. The van der Waals surface area contributed by atoms with Gasteiger partial charge in [0.25, 0.3) is 0 Å². The molecule has 0 saturated heterocycles. The van der Waals surface area contributed by atoms with Gasteiger partial charge in [0, 0.05) is 47.4 Å². The summed E-state index contributed by atoms with van der Waals surface area (Å²) >= 11 is 0. The minimum absolute atomic E-state index is 0.276. The van der Waals surface area contributed by atoms with Crippen molar-refractivity contribution in [2.75, 3.05) is 18.4 Å². The van der Waals surface area contributed by atoms with E-state index in [9.17, 15) is 9.90 Å². The molecule has 5 heteroatoms. The van der Waals surface area contributed by atoms with Crippen LogP contribution in [0.2, 0.25) is 0 Å². The maximum atomic E-state index is 12.2. The Hall–Kier alpha value is -3.60. The van der Waals surface area contributed by atoms with Crippen molar-refractivity contribution in [1.82, 2.24) is 0 Å². The third-order valence-corrected chi connectivity index (χ3v) is 6.45. The van der Waals surface area contributed by atoms with Crippen LogP contribution in [0.5, 0.6) is 0 Å². The molecule has 0 radical (unpaired) electrons. The van der Waals surface area contributed by atoms with Crippen molar-refractivity contribution >= 4 is 22.6 Å². The van der Waals surface area contributed by atoms with Gasteiger partial charge < -0.3 is 14.8 Å². The lowest BCUT2D eigenvalue weighted by Gasteiger charge is -2.19. The summed E-state index contributed by atoms with van der Waals surface area (Å²) in [6.45, 7) is 10.1. The predicted molar refractivity (Wildman–Crippen MR) is 143 cm³/mol. The van der Waals surface area contributed by atoms with Crippen LogP contribution in [0.4, 0.5) is 5.69 Å². The van der Waals surface area contributed by atoms with Gasteiger partial charge in [-0.3, -0.25) is 4.99 Å². The Morgan fingerprint density at radius 1 is 0.971 bits per heavy atom. The number of rotatable bonds is 9. The maximum Gasteiger partial charge on any atom is 0.336 e. The van der Waals surface area contributed by atoms with Crippen molar-refractivity contribution in [2.24, 2.45) is 4.99 Å². The Balaban J connectivity index is 2.05. The van der Waals surface area contributed by atoms with Crippen LogP contribution in [0.25, 0.3) is 33.4 Å². The van der Waals surface area contributed by atoms with E-state index in [1.165, 1.54) is 0 Å². The second kappa shape index (κ2) is 10.8. The summed E-state index contributed by atoms with van der Waals surface area (Å²) in [4.78, 5) is 16.9. The number of aromatic carboxylic acids is 1. The monoisotopic (exact) mass is 470 g/mol. The van der Waals surface area contributed by atoms with Crippen molar-refractivity contribution < 1.29 is 14.3 Å². The number of nitrogens with zero attached hydrogens (tertiary/aromatic N) is 1. The van der Waals surface area contributed by atoms with Crippen LogP contribution < -0.4 is 10.7 Å². The molecule has 0 unspecified atom stereocenters. The first-order valence-electron chi connectivity index (χ1n) is 12.5. The standard InChI is InChI=1S/C30H34N2O3/c1-5-7-13-31-25-17-27-23(15-19(25)3)29(21-11-9-10-12-22(21)30(33)34)24-16-20(4)26(18-28(24)35-27)32-14-8-6-2/h9-12,15-18,31H,5-8,13-14H2,1-4H3,(H,33,34). The molecule has 5 nitrogen and oxygen atoms in total. The Kier molecular flexibility index (Phi) is 7.54. The van der Waals surface area contributed by atoms with Gasteiger partial charge in [-0.1, -0.05) is 44.9 Å². The molecule has 0 atom stereocenters. The van der Waals surface area contributed by atoms with Gasteiger partial charge in [-0.05, 0) is 61.6 Å². The van der Waals surface area contributed by atoms with Crippen molar-refractivity contribution in [3.8, 4) is 22.5 Å². The number of aryl methyl sites for hydroxylation is 2. The Bertz CT molecular complexity index is 1400. The molecule has 4 rings (SSSR count). The lowest BCUT2D eigenvalue weighted by molar-refractivity contribution is 0.0697. The van der Waals surface area contributed by atoms with Crippen LogP contribution in [-0.4, -0.2) is 24.2 Å². The summed E-state index contributed by atoms with van der Waals surface area (Å²) in [5, 5.41) is 15.3. The molecule has 0 fully saturated rings. The maximum absolute atomic E-state index is 12.2. The van der Waals surface area contributed by atoms with Crippen molar-refractivity contribution in [3.05, 3.63) is 70.6 Å². The Morgan fingerprint density at radius 2 is 1.74 bits per heavy atom. The zero-order valence-corrected chi connectivity index (χ0v) is 21.1. The molecule has 0 saturated carbocycles. The molecule has 1 heterocycles. The van der Waals surface area contributed by atoms with Gasteiger partial charge in [0.1, 0.15) is 11.3 Å². The molecule has 2 aliphatic rings. The molecular formula is C30H34N2O3. The second-order valence-corrected chi connectivity index (χ2v) is 9.14. The molecule has 0 amide bonds. The summed E-state index contributed by atoms with van der Waals surface area (Å²) in [7, 11) is 0. The van der Waals surface area contributed by atoms with E-state index >= 15 is 0 Å². The predicted octanol–water partition coefficient (Wildman–Crippen LogP) is 7.43. The zero-order valence-electron chi connectivity index (χ0n) is 21.1. The van der Waals surface area contributed by atoms with Gasteiger partial charge in [-0.25, -0.2) is 4.79 Å². The van der Waals surface area contributed by atoms with Gasteiger partial charge >= 0.3 is 5.97 Å². The molecule has 2 N–H and O–H groups in total. The first-order chi connectivity index (χ1) is 16.9. The van der Waals surface area contributed by atoms with Gasteiger partial charge in [0.2, 0.25) is 0 Å². The molecular weight excluding hydrogens is 436 g/mol. The molecule has 35 heavy (non-hydrogen) atoms. The van der Waals surface area contributed by atoms with Gasteiger partial charge in [0.15, 0.2) is 0 Å². The van der Waals surface area contributed by atoms with Gasteiger partial charge in [-0.2, -0.15) is 0 Å². The molecule has 1 aliphatic heterocycles. The molecule has 0 spiro atoms. The lowest BCUT2D eigenvalue weighted by atomic mass is 9.89. The summed E-state index contributed by atoms with van der Waals surface area (Å²) in [5.41, 5.74) is 6.64. The minimum Gasteiger partial charge on any atom is -0.478 e. The number of nitrogens with one attached hydrogen (secondary N) is 1. The number of carboxylic acid groups (broad SMARTS) is 1. The number of hydrogen-bond donors (Lipinski definition) is 2. The van der Waals surface area contributed by atoms with E-state index in [-0.39, 0.29) is 5.56 Å². The van der Waals surface area contributed by atoms with E-state index in [4.69, 9.17) is 9.41 Å². The van der Waals surface area contributed by atoms with E-state index in [0.717, 1.165) is 83.0 Å². The zero-order chi connectivity index (χ0) is 24.9. The quantitative estimate of drug-likeness (QED) is 0.197. The topological polar surface area (TPSA) is 74.8 Å². The number of fused-ring (bicyclic) bond motifs is 2. The summed E-state index contributed by atoms with van der Waals surface area (Å²) in [6, 6.07) is 15.4. The van der Waals surface area contributed by atoms with Crippen molar-refractivity contribution in [1.29, 1.82) is 0 Å². The first-order valence-corrected chi connectivity index (χ1v) is 12.5. The number of benzene rings is 3. The summed E-state index contributed by atoms with van der Waals surface area (Å²) in [5.74, 6) is -0.239. The van der Waals surface area contributed by atoms with Gasteiger partial charge in [-0.15, -0.1) is 0 Å². The molecule has 182 valence electrons. The Labute approximate surface area is 206 Å². The summed E-state index contributed by atoms with van der Waals surface area (Å²) < 4.78 is 6.47. The lowest BCUT2D eigenvalue weighted by Crippen LogP contribution is -2.10. The van der Waals surface area contributed by atoms with Crippen molar-refractivity contribution in [2.45, 2.75) is 53.4 Å². The average molecular weight is 471 g/mol. The minimum atomic E-state index is -0.944. The van der Waals surface area contributed by atoms with Crippen LogP contribution in [0.1, 0.15) is 61.0 Å². The number of hydrogen-bond acceptors (Lipinski definition) is 4. The SMILES string of the molecule is CCCCN=c1cc2oc3cc(NCCCC)c(C)cc3c(-c3ccccc3C(=O)O)c-2cc1C. The molecule has 1 aliphatic carbocycles. The highest BCUT2D eigenvalue weighted by molar-refractivity contribution is 6.08. The fourth-order valence-corrected chi connectivity index (χ4v) is 4.48. The van der Waals surface area contributed by atoms with Crippen LogP contribution in [0, 0.1) is 13.8 Å². The highest BCUT2D eigenvalue weighted by Crippen LogP contribution is 2.42. The van der Waals surface area contributed by atoms with Crippen LogP contribution >= 0.6 is 0 Å². The van der Waals surface area contributed by atoms with Crippen LogP contribution in [-0.2, 0) is 0 Å². The number of carboxylic acids is 1. The molecule has 0 bridgehead atoms. The van der Waals surface area contributed by atoms with E-state index in [2.05, 4.69) is 38.2 Å². The first kappa shape index (κ1) is 24.5. The smallest absolute Gasteiger partial charge is 0.336 e.